The van der Waals surface area contributed by atoms with Gasteiger partial charge in [0.1, 0.15) is 23.1 Å². The predicted molar refractivity (Wildman–Crippen MR) is 122 cm³/mol. The normalized spacial score (nSPS) is 14.2. The molecule has 3 rings (SSSR count). The molecule has 0 spiro atoms. The third kappa shape index (κ3) is 6.61. The summed E-state index contributed by atoms with van der Waals surface area (Å²) >= 11 is 0. The van der Waals surface area contributed by atoms with Crippen LogP contribution in [0, 0.1) is 11.3 Å². The fourth-order valence-corrected chi connectivity index (χ4v) is 3.57. The molecule has 32 heavy (non-hydrogen) atoms. The number of methoxy groups -OCH3 is 1. The minimum Gasteiger partial charge on any atom is -0.495 e. The van der Waals surface area contributed by atoms with Crippen molar-refractivity contribution in [1.82, 2.24) is 5.32 Å². The van der Waals surface area contributed by atoms with Gasteiger partial charge in [0.2, 0.25) is 0 Å². The molecule has 2 aromatic rings. The number of nitrogens with one attached hydrogen (secondary N) is 2. The summed E-state index contributed by atoms with van der Waals surface area (Å²) in [6.07, 6.45) is 6.88. The summed E-state index contributed by atoms with van der Waals surface area (Å²) in [7, 11) is 1.54. The van der Waals surface area contributed by atoms with E-state index in [9.17, 15) is 14.9 Å². The number of hydrogen-bond donors (Lipinski definition) is 2. The van der Waals surface area contributed by atoms with Crippen molar-refractivity contribution in [3.8, 4) is 17.6 Å². The Morgan fingerprint density at radius 3 is 2.50 bits per heavy atom. The van der Waals surface area contributed by atoms with Crippen molar-refractivity contribution >= 4 is 23.6 Å². The molecule has 0 radical (unpaired) electrons. The van der Waals surface area contributed by atoms with Gasteiger partial charge in [-0.1, -0.05) is 43.5 Å². The number of nitrogens with zero attached hydrogens (tertiary/aromatic N) is 1. The number of rotatable bonds is 8. The summed E-state index contributed by atoms with van der Waals surface area (Å²) in [4.78, 5) is 24.6. The van der Waals surface area contributed by atoms with E-state index in [0.717, 1.165) is 25.7 Å². The minimum atomic E-state index is -0.340. The van der Waals surface area contributed by atoms with Crippen molar-refractivity contribution in [2.75, 3.05) is 19.0 Å². The average molecular weight is 434 g/mol. The van der Waals surface area contributed by atoms with E-state index in [-0.39, 0.29) is 30.0 Å². The molecular formula is C25H27N3O4. The van der Waals surface area contributed by atoms with Gasteiger partial charge in [-0.05, 0) is 48.7 Å². The molecular weight excluding hydrogens is 406 g/mol. The number of carbonyl (C=O) groups is 2. The Balaban J connectivity index is 1.53. The number of anilines is 1. The van der Waals surface area contributed by atoms with Gasteiger partial charge in [0.25, 0.3) is 11.8 Å². The maximum absolute atomic E-state index is 12.4. The predicted octanol–water partition coefficient (Wildman–Crippen LogP) is 4.07. The smallest absolute Gasteiger partial charge is 0.262 e. The molecule has 7 heteroatoms. The maximum Gasteiger partial charge on any atom is 0.262 e. The average Bonchev–Trinajstić information content (AvgIpc) is 2.83. The number of amides is 2. The number of carbonyl (C=O) groups excluding carboxylic acids is 2. The molecule has 0 heterocycles. The molecule has 2 amide bonds. The minimum absolute atomic E-state index is 0.0698. The van der Waals surface area contributed by atoms with E-state index >= 15 is 0 Å². The van der Waals surface area contributed by atoms with Crippen LogP contribution < -0.4 is 20.1 Å². The van der Waals surface area contributed by atoms with Crippen LogP contribution in [-0.4, -0.2) is 31.6 Å². The van der Waals surface area contributed by atoms with Crippen molar-refractivity contribution in [3.05, 3.63) is 59.7 Å². The second kappa shape index (κ2) is 11.6. The molecule has 2 N–H and O–H groups in total. The summed E-state index contributed by atoms with van der Waals surface area (Å²) in [6, 6.07) is 16.1. The number of nitriles is 1. The molecule has 1 aliphatic carbocycles. The van der Waals surface area contributed by atoms with Crippen LogP contribution in [0.3, 0.4) is 0 Å². The molecule has 7 nitrogen and oxygen atoms in total. The Morgan fingerprint density at radius 2 is 1.81 bits per heavy atom. The first kappa shape index (κ1) is 22.9. The molecule has 1 aliphatic rings. The Morgan fingerprint density at radius 1 is 1.09 bits per heavy atom. The van der Waals surface area contributed by atoms with E-state index in [0.29, 0.717) is 22.7 Å². The monoisotopic (exact) mass is 433 g/mol. The Hall–Kier alpha value is -3.79. The SMILES string of the molecule is COc1ccccc1NC(=O)COc1ccc(C=C(C#N)C(=O)NC2CCCCC2)cc1. The number of benzene rings is 2. The quantitative estimate of drug-likeness (QED) is 0.483. The van der Waals surface area contributed by atoms with Gasteiger partial charge in [0.15, 0.2) is 6.61 Å². The van der Waals surface area contributed by atoms with Crippen LogP contribution >= 0.6 is 0 Å². The lowest BCUT2D eigenvalue weighted by molar-refractivity contribution is -0.118. The number of para-hydroxylation sites is 2. The number of ether oxygens (including phenoxy) is 2. The van der Waals surface area contributed by atoms with Gasteiger partial charge in [0, 0.05) is 6.04 Å². The van der Waals surface area contributed by atoms with E-state index in [1.54, 1.807) is 48.5 Å². The van der Waals surface area contributed by atoms with E-state index in [4.69, 9.17) is 9.47 Å². The van der Waals surface area contributed by atoms with Gasteiger partial charge in [-0.25, -0.2) is 0 Å². The summed E-state index contributed by atoms with van der Waals surface area (Å²) < 4.78 is 10.7. The van der Waals surface area contributed by atoms with E-state index in [2.05, 4.69) is 10.6 Å². The summed E-state index contributed by atoms with van der Waals surface area (Å²) in [5, 5.41) is 15.1. The fourth-order valence-electron chi connectivity index (χ4n) is 3.57. The highest BCUT2D eigenvalue weighted by molar-refractivity contribution is 6.01. The third-order valence-corrected chi connectivity index (χ3v) is 5.25. The van der Waals surface area contributed by atoms with E-state index in [1.165, 1.54) is 13.5 Å². The highest BCUT2D eigenvalue weighted by Crippen LogP contribution is 2.23. The topological polar surface area (TPSA) is 100 Å². The summed E-state index contributed by atoms with van der Waals surface area (Å²) in [5.41, 5.74) is 1.34. The Bertz CT molecular complexity index is 1000. The number of hydrogen-bond acceptors (Lipinski definition) is 5. The molecule has 166 valence electrons. The first-order valence-electron chi connectivity index (χ1n) is 10.7. The maximum atomic E-state index is 12.4. The standard InChI is InChI=1S/C25H27N3O4/c1-31-23-10-6-5-9-22(23)28-24(29)17-32-21-13-11-18(12-14-21)15-19(16-26)25(30)27-20-7-3-2-4-8-20/h5-6,9-15,20H,2-4,7-8,17H2,1H3,(H,27,30)(H,28,29). The lowest BCUT2D eigenvalue weighted by atomic mass is 9.95. The lowest BCUT2D eigenvalue weighted by Gasteiger charge is -2.22. The van der Waals surface area contributed by atoms with Gasteiger partial charge in [-0.3, -0.25) is 9.59 Å². The van der Waals surface area contributed by atoms with Gasteiger partial charge in [-0.2, -0.15) is 5.26 Å². The lowest BCUT2D eigenvalue weighted by Crippen LogP contribution is -2.36. The van der Waals surface area contributed by atoms with Gasteiger partial charge in [0.05, 0.1) is 12.8 Å². The van der Waals surface area contributed by atoms with Crippen LogP contribution in [0.25, 0.3) is 6.08 Å². The second-order valence-electron chi connectivity index (χ2n) is 7.58. The largest absolute Gasteiger partial charge is 0.495 e. The Kier molecular flexibility index (Phi) is 8.27. The first-order chi connectivity index (χ1) is 15.6. The molecule has 0 aliphatic heterocycles. The molecule has 0 bridgehead atoms. The molecule has 1 fully saturated rings. The third-order valence-electron chi connectivity index (χ3n) is 5.25. The zero-order valence-electron chi connectivity index (χ0n) is 18.1. The van der Waals surface area contributed by atoms with Crippen molar-refractivity contribution in [2.24, 2.45) is 0 Å². The Labute approximate surface area is 188 Å². The molecule has 2 aromatic carbocycles. The highest BCUT2D eigenvalue weighted by atomic mass is 16.5. The van der Waals surface area contributed by atoms with Gasteiger partial charge < -0.3 is 20.1 Å². The molecule has 0 atom stereocenters. The molecule has 0 unspecified atom stereocenters. The van der Waals surface area contributed by atoms with Crippen molar-refractivity contribution in [3.63, 3.8) is 0 Å². The van der Waals surface area contributed by atoms with Crippen LogP contribution in [0.1, 0.15) is 37.7 Å². The fraction of sp³-hybridized carbons (Fsp3) is 0.320. The molecule has 0 saturated heterocycles. The van der Waals surface area contributed by atoms with Crippen LogP contribution in [-0.2, 0) is 9.59 Å². The molecule has 1 saturated carbocycles. The van der Waals surface area contributed by atoms with Crippen LogP contribution in [0.5, 0.6) is 11.5 Å². The van der Waals surface area contributed by atoms with Gasteiger partial charge >= 0.3 is 0 Å². The van der Waals surface area contributed by atoms with Crippen molar-refractivity contribution in [2.45, 2.75) is 38.1 Å². The molecule has 0 aromatic heterocycles. The first-order valence-corrected chi connectivity index (χ1v) is 10.7. The van der Waals surface area contributed by atoms with Crippen LogP contribution in [0.2, 0.25) is 0 Å². The van der Waals surface area contributed by atoms with Crippen LogP contribution in [0.15, 0.2) is 54.1 Å². The zero-order valence-corrected chi connectivity index (χ0v) is 18.1. The summed E-state index contributed by atoms with van der Waals surface area (Å²) in [5.74, 6) is 0.415. The van der Waals surface area contributed by atoms with Crippen molar-refractivity contribution in [1.29, 1.82) is 5.26 Å². The zero-order chi connectivity index (χ0) is 22.8. The second-order valence-corrected chi connectivity index (χ2v) is 7.58. The highest BCUT2D eigenvalue weighted by Gasteiger charge is 2.18. The van der Waals surface area contributed by atoms with Crippen molar-refractivity contribution < 1.29 is 19.1 Å². The summed E-state index contributed by atoms with van der Waals surface area (Å²) in [6.45, 7) is -0.166. The van der Waals surface area contributed by atoms with E-state index < -0.39 is 0 Å². The van der Waals surface area contributed by atoms with E-state index in [1.807, 2.05) is 12.1 Å². The van der Waals surface area contributed by atoms with Gasteiger partial charge in [-0.15, -0.1) is 0 Å². The van der Waals surface area contributed by atoms with Crippen LogP contribution in [0.4, 0.5) is 5.69 Å².